The molecule has 0 saturated carbocycles. The molecule has 2 nitrogen and oxygen atoms in total. The largest absolute Gasteiger partial charge is 0.228 e. The number of hydrogen-bond donors (Lipinski definition) is 0. The molecule has 2 heterocycles. The lowest BCUT2D eigenvalue weighted by Gasteiger charge is -2.06. The summed E-state index contributed by atoms with van der Waals surface area (Å²) in [6, 6.07) is 26.7. The van der Waals surface area contributed by atoms with Gasteiger partial charge in [-0.25, -0.2) is 9.97 Å². The maximum absolute atomic E-state index is 6.29. The van der Waals surface area contributed by atoms with Crippen LogP contribution in [0.4, 0.5) is 0 Å². The van der Waals surface area contributed by atoms with Crippen molar-refractivity contribution in [2.24, 2.45) is 0 Å². The first-order chi connectivity index (χ1) is 12.8. The van der Waals surface area contributed by atoms with E-state index in [9.17, 15) is 0 Å². The number of rotatable bonds is 2. The summed E-state index contributed by atoms with van der Waals surface area (Å²) in [5, 5.41) is 2.97. The van der Waals surface area contributed by atoms with Crippen LogP contribution in [-0.4, -0.2) is 9.97 Å². The van der Waals surface area contributed by atoms with E-state index in [1.165, 1.54) is 20.2 Å². The Morgan fingerprint density at radius 1 is 0.654 bits per heavy atom. The van der Waals surface area contributed by atoms with Crippen molar-refractivity contribution < 1.29 is 0 Å². The van der Waals surface area contributed by atoms with Crippen LogP contribution in [0.5, 0.6) is 0 Å². The molecule has 2 aromatic heterocycles. The average molecular weight is 373 g/mol. The Balaban J connectivity index is 1.70. The summed E-state index contributed by atoms with van der Waals surface area (Å²) < 4.78 is 2.57. The molecule has 5 rings (SSSR count). The van der Waals surface area contributed by atoms with Crippen LogP contribution in [0.25, 0.3) is 42.8 Å². The highest BCUT2D eigenvalue weighted by Crippen LogP contribution is 2.36. The number of halogens is 1. The Morgan fingerprint density at radius 2 is 1.42 bits per heavy atom. The van der Waals surface area contributed by atoms with Crippen LogP contribution in [0.1, 0.15) is 0 Å². The van der Waals surface area contributed by atoms with E-state index in [0.717, 1.165) is 16.8 Å². The van der Waals surface area contributed by atoms with Crippen LogP contribution < -0.4 is 0 Å². The molecule has 0 spiro atoms. The fraction of sp³-hybridized carbons (Fsp3) is 0. The normalized spacial score (nSPS) is 11.3. The zero-order valence-corrected chi connectivity index (χ0v) is 15.3. The van der Waals surface area contributed by atoms with Crippen LogP contribution in [0.2, 0.25) is 5.15 Å². The fourth-order valence-electron chi connectivity index (χ4n) is 3.17. The zero-order valence-electron chi connectivity index (χ0n) is 13.7. The molecule has 4 heteroatoms. The Morgan fingerprint density at radius 3 is 2.31 bits per heavy atom. The van der Waals surface area contributed by atoms with Gasteiger partial charge in [0.05, 0.1) is 5.69 Å². The quantitative estimate of drug-likeness (QED) is 0.317. The molecule has 0 saturated heterocycles. The van der Waals surface area contributed by atoms with E-state index in [4.69, 9.17) is 16.6 Å². The molecule has 0 bridgehead atoms. The van der Waals surface area contributed by atoms with Gasteiger partial charge >= 0.3 is 0 Å². The van der Waals surface area contributed by atoms with Crippen molar-refractivity contribution in [1.82, 2.24) is 9.97 Å². The molecule has 0 atom stereocenters. The third-order valence-electron chi connectivity index (χ3n) is 4.40. The first-order valence-corrected chi connectivity index (χ1v) is 9.49. The molecule has 5 aromatic rings. The molecular weight excluding hydrogens is 360 g/mol. The predicted molar refractivity (Wildman–Crippen MR) is 111 cm³/mol. The third kappa shape index (κ3) is 2.66. The first-order valence-electron chi connectivity index (χ1n) is 8.30. The molecule has 0 radical (unpaired) electrons. The van der Waals surface area contributed by atoms with Crippen molar-refractivity contribution in [2.75, 3.05) is 0 Å². The zero-order chi connectivity index (χ0) is 17.5. The smallest absolute Gasteiger partial charge is 0.161 e. The lowest BCUT2D eigenvalue weighted by atomic mass is 10.1. The topological polar surface area (TPSA) is 25.8 Å². The number of benzene rings is 3. The van der Waals surface area contributed by atoms with Gasteiger partial charge in [0, 0.05) is 37.4 Å². The summed E-state index contributed by atoms with van der Waals surface area (Å²) in [7, 11) is 0. The molecule has 0 aliphatic rings. The van der Waals surface area contributed by atoms with Gasteiger partial charge in [0.25, 0.3) is 0 Å². The van der Waals surface area contributed by atoms with Gasteiger partial charge in [-0.1, -0.05) is 66.2 Å². The maximum Gasteiger partial charge on any atom is 0.161 e. The van der Waals surface area contributed by atoms with Gasteiger partial charge in [-0.05, 0) is 18.2 Å². The Hall–Kier alpha value is -2.75. The van der Waals surface area contributed by atoms with Crippen molar-refractivity contribution in [3.63, 3.8) is 0 Å². The standard InChI is InChI=1S/C22H13ClN2S/c23-21-13-18(24-22(25-21)14-6-2-1-3-7-14)15-10-11-20-17(12-15)16-8-4-5-9-19(16)26-20/h1-13H. The molecule has 0 aliphatic carbocycles. The second-order valence-electron chi connectivity index (χ2n) is 6.07. The molecule has 0 amide bonds. The molecule has 0 fully saturated rings. The van der Waals surface area contributed by atoms with Crippen LogP contribution in [-0.2, 0) is 0 Å². The van der Waals surface area contributed by atoms with Crippen molar-refractivity contribution in [1.29, 1.82) is 0 Å². The van der Waals surface area contributed by atoms with Gasteiger partial charge in [-0.2, -0.15) is 0 Å². The van der Waals surface area contributed by atoms with Gasteiger partial charge < -0.3 is 0 Å². The molecule has 3 aromatic carbocycles. The van der Waals surface area contributed by atoms with Crippen molar-refractivity contribution in [2.45, 2.75) is 0 Å². The van der Waals surface area contributed by atoms with Crippen LogP contribution in [0.3, 0.4) is 0 Å². The Labute approximate surface area is 159 Å². The monoisotopic (exact) mass is 372 g/mol. The van der Waals surface area contributed by atoms with Gasteiger partial charge in [0.2, 0.25) is 0 Å². The summed E-state index contributed by atoms with van der Waals surface area (Å²) in [5.74, 6) is 0.642. The molecule has 0 unspecified atom stereocenters. The molecule has 26 heavy (non-hydrogen) atoms. The highest BCUT2D eigenvalue weighted by Gasteiger charge is 2.10. The fourth-order valence-corrected chi connectivity index (χ4v) is 4.44. The van der Waals surface area contributed by atoms with Crippen molar-refractivity contribution >= 4 is 43.1 Å². The van der Waals surface area contributed by atoms with E-state index in [2.05, 4.69) is 47.4 Å². The number of hydrogen-bond acceptors (Lipinski definition) is 3. The highest BCUT2D eigenvalue weighted by molar-refractivity contribution is 7.25. The lowest BCUT2D eigenvalue weighted by molar-refractivity contribution is 1.18. The van der Waals surface area contributed by atoms with E-state index in [1.54, 1.807) is 0 Å². The second kappa shape index (κ2) is 6.20. The van der Waals surface area contributed by atoms with Crippen LogP contribution in [0.15, 0.2) is 78.9 Å². The predicted octanol–water partition coefficient (Wildman–Crippen LogP) is 6.83. The molecule has 124 valence electrons. The minimum Gasteiger partial charge on any atom is -0.228 e. The van der Waals surface area contributed by atoms with Gasteiger partial charge in [0.1, 0.15) is 5.15 Å². The minimum absolute atomic E-state index is 0.448. The van der Waals surface area contributed by atoms with Gasteiger partial charge in [0.15, 0.2) is 5.82 Å². The summed E-state index contributed by atoms with van der Waals surface area (Å²) in [5.41, 5.74) is 2.84. The first kappa shape index (κ1) is 15.5. The van der Waals surface area contributed by atoms with Crippen molar-refractivity contribution in [3.8, 4) is 22.6 Å². The Kier molecular flexibility index (Phi) is 3.70. The van der Waals surface area contributed by atoms with Crippen molar-refractivity contribution in [3.05, 3.63) is 84.0 Å². The number of thiophene rings is 1. The molecule has 0 aliphatic heterocycles. The highest BCUT2D eigenvalue weighted by atomic mass is 35.5. The van der Waals surface area contributed by atoms with E-state index in [0.29, 0.717) is 11.0 Å². The van der Waals surface area contributed by atoms with Gasteiger partial charge in [-0.3, -0.25) is 0 Å². The average Bonchev–Trinajstić information content (AvgIpc) is 3.06. The van der Waals surface area contributed by atoms with E-state index in [-0.39, 0.29) is 0 Å². The lowest BCUT2D eigenvalue weighted by Crippen LogP contribution is -1.92. The van der Waals surface area contributed by atoms with E-state index >= 15 is 0 Å². The SMILES string of the molecule is Clc1cc(-c2ccc3sc4ccccc4c3c2)nc(-c2ccccc2)n1. The van der Waals surface area contributed by atoms with Crippen LogP contribution in [0, 0.1) is 0 Å². The Bertz CT molecular complexity index is 1250. The number of nitrogens with zero attached hydrogens (tertiary/aromatic N) is 2. The number of aromatic nitrogens is 2. The van der Waals surface area contributed by atoms with Gasteiger partial charge in [-0.15, -0.1) is 11.3 Å². The summed E-state index contributed by atoms with van der Waals surface area (Å²) in [6.07, 6.45) is 0. The second-order valence-corrected chi connectivity index (χ2v) is 7.55. The summed E-state index contributed by atoms with van der Waals surface area (Å²) >= 11 is 8.10. The van der Waals surface area contributed by atoms with E-state index in [1.807, 2.05) is 47.7 Å². The minimum atomic E-state index is 0.448. The maximum atomic E-state index is 6.29. The summed E-state index contributed by atoms with van der Waals surface area (Å²) in [6.45, 7) is 0. The number of fused-ring (bicyclic) bond motifs is 3. The van der Waals surface area contributed by atoms with Crippen LogP contribution >= 0.6 is 22.9 Å². The molecule has 0 N–H and O–H groups in total. The third-order valence-corrected chi connectivity index (χ3v) is 5.74. The summed E-state index contributed by atoms with van der Waals surface area (Å²) in [4.78, 5) is 9.14. The van der Waals surface area contributed by atoms with E-state index < -0.39 is 0 Å². The molecular formula is C22H13ClN2S.